The quantitative estimate of drug-likeness (QED) is 0.766. The fraction of sp³-hybridized carbons (Fsp3) is 0.250. The molecule has 0 unspecified atom stereocenters. The molecule has 3 nitrogen and oxygen atoms in total. The van der Waals surface area contributed by atoms with Gasteiger partial charge in [-0.25, -0.2) is 9.97 Å². The first-order chi connectivity index (χ1) is 9.79. The van der Waals surface area contributed by atoms with Crippen LogP contribution in [-0.4, -0.2) is 16.5 Å². The summed E-state index contributed by atoms with van der Waals surface area (Å²) in [7, 11) is 0. The second-order valence-electron chi connectivity index (χ2n) is 4.81. The van der Waals surface area contributed by atoms with E-state index in [9.17, 15) is 0 Å². The maximum absolute atomic E-state index is 4.73. The Morgan fingerprint density at radius 1 is 1.15 bits per heavy atom. The highest BCUT2D eigenvalue weighted by atomic mass is 32.1. The summed E-state index contributed by atoms with van der Waals surface area (Å²) in [5.74, 6) is 1.74. The van der Waals surface area contributed by atoms with Crippen molar-refractivity contribution in [3.8, 4) is 11.4 Å². The number of rotatable bonds is 4. The summed E-state index contributed by atoms with van der Waals surface area (Å²) in [5, 5.41) is 8.74. The van der Waals surface area contributed by atoms with E-state index >= 15 is 0 Å². The Morgan fingerprint density at radius 2 is 2.00 bits per heavy atom. The number of hydrogen-bond donors (Lipinski definition) is 1. The SMILES string of the molecule is CCCNc1nc(-c2cscc2C)nc2ccccc12. The molecule has 3 aromatic rings. The summed E-state index contributed by atoms with van der Waals surface area (Å²) in [4.78, 5) is 9.43. The van der Waals surface area contributed by atoms with Crippen LogP contribution < -0.4 is 5.32 Å². The first-order valence-corrected chi connectivity index (χ1v) is 7.77. The van der Waals surface area contributed by atoms with Crippen molar-refractivity contribution < 1.29 is 0 Å². The lowest BCUT2D eigenvalue weighted by molar-refractivity contribution is 0.970. The van der Waals surface area contributed by atoms with Gasteiger partial charge in [0, 0.05) is 22.9 Å². The van der Waals surface area contributed by atoms with E-state index in [1.165, 1.54) is 5.56 Å². The molecule has 20 heavy (non-hydrogen) atoms. The van der Waals surface area contributed by atoms with Crippen molar-refractivity contribution in [3.05, 3.63) is 40.6 Å². The van der Waals surface area contributed by atoms with E-state index in [-0.39, 0.29) is 0 Å². The molecule has 0 bridgehead atoms. The molecule has 0 atom stereocenters. The van der Waals surface area contributed by atoms with Crippen LogP contribution in [0, 0.1) is 6.92 Å². The Hall–Kier alpha value is -1.94. The highest BCUT2D eigenvalue weighted by Gasteiger charge is 2.11. The number of fused-ring (bicyclic) bond motifs is 1. The lowest BCUT2D eigenvalue weighted by Crippen LogP contribution is -2.04. The van der Waals surface area contributed by atoms with Crippen molar-refractivity contribution in [2.24, 2.45) is 0 Å². The summed E-state index contributed by atoms with van der Waals surface area (Å²) < 4.78 is 0. The summed E-state index contributed by atoms with van der Waals surface area (Å²) in [6, 6.07) is 8.15. The Balaban J connectivity index is 2.17. The van der Waals surface area contributed by atoms with Crippen LogP contribution in [-0.2, 0) is 0 Å². The van der Waals surface area contributed by atoms with Crippen LogP contribution in [0.25, 0.3) is 22.3 Å². The van der Waals surface area contributed by atoms with Crippen molar-refractivity contribution in [1.29, 1.82) is 0 Å². The topological polar surface area (TPSA) is 37.8 Å². The molecule has 2 heterocycles. The van der Waals surface area contributed by atoms with Gasteiger partial charge in [-0.1, -0.05) is 19.1 Å². The van der Waals surface area contributed by atoms with Gasteiger partial charge in [0.2, 0.25) is 0 Å². The number of thiophene rings is 1. The molecular weight excluding hydrogens is 266 g/mol. The molecule has 0 aliphatic heterocycles. The molecule has 0 aliphatic carbocycles. The number of aromatic nitrogens is 2. The molecule has 1 N–H and O–H groups in total. The summed E-state index contributed by atoms with van der Waals surface area (Å²) in [5.41, 5.74) is 3.34. The van der Waals surface area contributed by atoms with Crippen molar-refractivity contribution in [3.63, 3.8) is 0 Å². The van der Waals surface area contributed by atoms with Crippen molar-refractivity contribution in [1.82, 2.24) is 9.97 Å². The van der Waals surface area contributed by atoms with E-state index in [2.05, 4.69) is 36.0 Å². The van der Waals surface area contributed by atoms with Crippen LogP contribution in [0.3, 0.4) is 0 Å². The fourth-order valence-electron chi connectivity index (χ4n) is 2.16. The molecule has 1 aromatic carbocycles. The van der Waals surface area contributed by atoms with Gasteiger partial charge >= 0.3 is 0 Å². The molecule has 4 heteroatoms. The molecule has 2 aromatic heterocycles. The number of para-hydroxylation sites is 1. The highest BCUT2D eigenvalue weighted by molar-refractivity contribution is 7.08. The minimum absolute atomic E-state index is 0.807. The zero-order chi connectivity index (χ0) is 13.9. The number of hydrogen-bond acceptors (Lipinski definition) is 4. The van der Waals surface area contributed by atoms with E-state index in [4.69, 9.17) is 9.97 Å². The molecule has 102 valence electrons. The maximum atomic E-state index is 4.73. The van der Waals surface area contributed by atoms with Crippen LogP contribution in [0.1, 0.15) is 18.9 Å². The zero-order valence-corrected chi connectivity index (χ0v) is 12.5. The van der Waals surface area contributed by atoms with E-state index < -0.39 is 0 Å². The third-order valence-electron chi connectivity index (χ3n) is 3.24. The van der Waals surface area contributed by atoms with E-state index in [0.717, 1.165) is 41.1 Å². The third-order valence-corrected chi connectivity index (χ3v) is 4.10. The van der Waals surface area contributed by atoms with Gasteiger partial charge in [-0.15, -0.1) is 0 Å². The first-order valence-electron chi connectivity index (χ1n) is 6.83. The maximum Gasteiger partial charge on any atom is 0.163 e. The van der Waals surface area contributed by atoms with E-state index in [0.29, 0.717) is 0 Å². The smallest absolute Gasteiger partial charge is 0.163 e. The van der Waals surface area contributed by atoms with Gasteiger partial charge in [-0.05, 0) is 36.4 Å². The van der Waals surface area contributed by atoms with Crippen LogP contribution in [0.4, 0.5) is 5.82 Å². The van der Waals surface area contributed by atoms with Crippen LogP contribution in [0.15, 0.2) is 35.0 Å². The number of aryl methyl sites for hydroxylation is 1. The Kier molecular flexibility index (Phi) is 3.65. The Morgan fingerprint density at radius 3 is 2.75 bits per heavy atom. The van der Waals surface area contributed by atoms with Crippen LogP contribution in [0.2, 0.25) is 0 Å². The first kappa shape index (κ1) is 13.1. The predicted molar refractivity (Wildman–Crippen MR) is 86.4 cm³/mol. The lowest BCUT2D eigenvalue weighted by Gasteiger charge is -2.10. The number of nitrogens with one attached hydrogen (secondary N) is 1. The number of benzene rings is 1. The van der Waals surface area contributed by atoms with Gasteiger partial charge in [0.15, 0.2) is 5.82 Å². The normalized spacial score (nSPS) is 10.9. The van der Waals surface area contributed by atoms with Crippen molar-refractivity contribution >= 4 is 28.1 Å². The predicted octanol–water partition coefficient (Wildman–Crippen LogP) is 4.49. The average molecular weight is 283 g/mol. The largest absolute Gasteiger partial charge is 0.369 e. The van der Waals surface area contributed by atoms with Crippen molar-refractivity contribution in [2.45, 2.75) is 20.3 Å². The molecule has 0 spiro atoms. The molecule has 3 rings (SSSR count). The van der Waals surface area contributed by atoms with Gasteiger partial charge in [-0.3, -0.25) is 0 Å². The standard InChI is InChI=1S/C16H17N3S/c1-3-8-17-15-12-6-4-5-7-14(12)18-16(19-15)13-10-20-9-11(13)2/h4-7,9-10H,3,8H2,1-2H3,(H,17,18,19). The average Bonchev–Trinajstić information content (AvgIpc) is 2.90. The number of nitrogens with zero attached hydrogens (tertiary/aromatic N) is 2. The molecule has 0 aliphatic rings. The zero-order valence-electron chi connectivity index (χ0n) is 11.7. The summed E-state index contributed by atoms with van der Waals surface area (Å²) in [6.07, 6.45) is 1.07. The summed E-state index contributed by atoms with van der Waals surface area (Å²) in [6.45, 7) is 5.17. The fourth-order valence-corrected chi connectivity index (χ4v) is 2.99. The van der Waals surface area contributed by atoms with E-state index in [1.54, 1.807) is 11.3 Å². The van der Waals surface area contributed by atoms with Gasteiger partial charge in [0.05, 0.1) is 5.52 Å². The molecule has 0 fully saturated rings. The lowest BCUT2D eigenvalue weighted by atomic mass is 10.2. The van der Waals surface area contributed by atoms with Crippen LogP contribution >= 0.6 is 11.3 Å². The minimum Gasteiger partial charge on any atom is -0.369 e. The monoisotopic (exact) mass is 283 g/mol. The molecule has 0 saturated heterocycles. The van der Waals surface area contributed by atoms with Gasteiger partial charge in [-0.2, -0.15) is 11.3 Å². The third kappa shape index (κ3) is 2.39. The van der Waals surface area contributed by atoms with Gasteiger partial charge < -0.3 is 5.32 Å². The van der Waals surface area contributed by atoms with E-state index in [1.807, 2.05) is 18.2 Å². The Labute approximate surface area is 122 Å². The second-order valence-corrected chi connectivity index (χ2v) is 5.55. The molecule has 0 radical (unpaired) electrons. The Bertz CT molecular complexity index is 733. The molecular formula is C16H17N3S. The minimum atomic E-state index is 0.807. The second kappa shape index (κ2) is 5.59. The van der Waals surface area contributed by atoms with Crippen molar-refractivity contribution in [2.75, 3.05) is 11.9 Å². The number of anilines is 1. The molecule has 0 saturated carbocycles. The summed E-state index contributed by atoms with van der Waals surface area (Å²) >= 11 is 1.69. The van der Waals surface area contributed by atoms with Gasteiger partial charge in [0.1, 0.15) is 5.82 Å². The molecule has 0 amide bonds. The van der Waals surface area contributed by atoms with Gasteiger partial charge in [0.25, 0.3) is 0 Å². The van der Waals surface area contributed by atoms with Crippen LogP contribution in [0.5, 0.6) is 0 Å². The highest BCUT2D eigenvalue weighted by Crippen LogP contribution is 2.28.